The number of likely N-dealkylation sites (N-methyl/N-ethyl adjacent to an activating group) is 1. The summed E-state index contributed by atoms with van der Waals surface area (Å²) in [5.74, 6) is 2.11. The quantitative estimate of drug-likeness (QED) is 0.819. The van der Waals surface area contributed by atoms with Crippen molar-refractivity contribution in [3.63, 3.8) is 0 Å². The lowest BCUT2D eigenvalue weighted by atomic mass is 10.1. The maximum absolute atomic E-state index is 11.9. The third-order valence-electron chi connectivity index (χ3n) is 4.94. The van der Waals surface area contributed by atoms with E-state index in [9.17, 15) is 8.42 Å². The summed E-state index contributed by atoms with van der Waals surface area (Å²) in [6.07, 6.45) is 1.19. The Hall–Kier alpha value is -2.48. The summed E-state index contributed by atoms with van der Waals surface area (Å²) >= 11 is 0. The summed E-state index contributed by atoms with van der Waals surface area (Å²) in [4.78, 5) is 9.59. The van der Waals surface area contributed by atoms with Crippen molar-refractivity contribution in [1.82, 2.24) is 4.98 Å². The molecule has 0 bridgehead atoms. The molecule has 0 fully saturated rings. The molecular weight excluding hydrogens is 376 g/mol. The second-order valence-electron chi connectivity index (χ2n) is 7.53. The Morgan fingerprint density at radius 2 is 1.96 bits per heavy atom. The maximum Gasteiger partial charge on any atom is 0.175 e. The summed E-state index contributed by atoms with van der Waals surface area (Å²) in [6.45, 7) is 7.45. The van der Waals surface area contributed by atoms with Crippen LogP contribution >= 0.6 is 0 Å². The number of rotatable bonds is 5. The number of methoxy groups -OCH3 is 1. The highest BCUT2D eigenvalue weighted by molar-refractivity contribution is 7.90. The highest BCUT2D eigenvalue weighted by Gasteiger charge is 2.29. The van der Waals surface area contributed by atoms with Gasteiger partial charge in [0.2, 0.25) is 0 Å². The van der Waals surface area contributed by atoms with Gasteiger partial charge < -0.3 is 19.9 Å². The molecule has 1 aliphatic rings. The Kier molecular flexibility index (Phi) is 5.43. The van der Waals surface area contributed by atoms with E-state index in [0.29, 0.717) is 29.3 Å². The molecule has 3 rings (SSSR count). The van der Waals surface area contributed by atoms with Crippen LogP contribution in [0.1, 0.15) is 20.8 Å². The Labute approximate surface area is 167 Å². The van der Waals surface area contributed by atoms with Gasteiger partial charge in [-0.1, -0.05) is 0 Å². The van der Waals surface area contributed by atoms with E-state index in [2.05, 4.69) is 42.9 Å². The van der Waals surface area contributed by atoms with E-state index >= 15 is 0 Å². The van der Waals surface area contributed by atoms with Gasteiger partial charge in [-0.15, -0.1) is 0 Å². The molecule has 1 aromatic carbocycles. The van der Waals surface area contributed by atoms with Crippen LogP contribution in [-0.2, 0) is 9.84 Å². The van der Waals surface area contributed by atoms with Crippen molar-refractivity contribution in [3.8, 4) is 5.75 Å². The molecule has 0 aliphatic carbocycles. The lowest BCUT2D eigenvalue weighted by Crippen LogP contribution is -2.49. The van der Waals surface area contributed by atoms with Gasteiger partial charge >= 0.3 is 0 Å². The highest BCUT2D eigenvalue weighted by Crippen LogP contribution is 2.37. The van der Waals surface area contributed by atoms with E-state index in [-0.39, 0.29) is 4.90 Å². The first-order valence-electron chi connectivity index (χ1n) is 9.27. The van der Waals surface area contributed by atoms with E-state index in [0.717, 1.165) is 18.1 Å². The lowest BCUT2D eigenvalue weighted by Gasteiger charge is -2.43. The van der Waals surface area contributed by atoms with Crippen molar-refractivity contribution in [2.75, 3.05) is 42.1 Å². The second-order valence-corrected chi connectivity index (χ2v) is 9.54. The number of nitrogens with one attached hydrogen (secondary N) is 1. The number of aromatic nitrogens is 1. The number of hydrogen-bond acceptors (Lipinski definition) is 7. The van der Waals surface area contributed by atoms with Gasteiger partial charge in [0.05, 0.1) is 23.4 Å². The van der Waals surface area contributed by atoms with Gasteiger partial charge in [-0.05, 0) is 51.1 Å². The molecule has 8 heteroatoms. The van der Waals surface area contributed by atoms with Crippen molar-refractivity contribution in [1.29, 1.82) is 0 Å². The van der Waals surface area contributed by atoms with Gasteiger partial charge in [0.25, 0.3) is 0 Å². The molecule has 152 valence electrons. The van der Waals surface area contributed by atoms with Crippen LogP contribution in [0.2, 0.25) is 0 Å². The van der Waals surface area contributed by atoms with Gasteiger partial charge in [-0.3, -0.25) is 0 Å². The Morgan fingerprint density at radius 3 is 2.57 bits per heavy atom. The molecule has 0 unspecified atom stereocenters. The SMILES string of the molecule is COc1ccc(S(C)(=O)=O)cc1Nc1ccc2c(n1)N(C(C)C)[C@H](C)CN2C. The predicted octanol–water partition coefficient (Wildman–Crippen LogP) is 3.29. The van der Waals surface area contributed by atoms with Crippen LogP contribution in [-0.4, -0.2) is 52.4 Å². The zero-order valence-corrected chi connectivity index (χ0v) is 18.0. The number of benzene rings is 1. The lowest BCUT2D eigenvalue weighted by molar-refractivity contribution is 0.416. The Bertz CT molecular complexity index is 975. The minimum absolute atomic E-state index is 0.228. The third kappa shape index (κ3) is 3.87. The minimum atomic E-state index is -3.32. The molecular formula is C20H28N4O3S. The molecule has 1 aliphatic heterocycles. The molecule has 2 heterocycles. The van der Waals surface area contributed by atoms with Gasteiger partial charge in [0.15, 0.2) is 15.7 Å². The normalized spacial score (nSPS) is 16.9. The fraction of sp³-hybridized carbons (Fsp3) is 0.450. The molecule has 1 atom stereocenters. The van der Waals surface area contributed by atoms with Crippen LogP contribution in [0.25, 0.3) is 0 Å². The van der Waals surface area contributed by atoms with E-state index < -0.39 is 9.84 Å². The van der Waals surface area contributed by atoms with Crippen molar-refractivity contribution in [2.24, 2.45) is 0 Å². The molecule has 1 aromatic heterocycles. The molecule has 0 amide bonds. The fourth-order valence-electron chi connectivity index (χ4n) is 3.70. The maximum atomic E-state index is 11.9. The van der Waals surface area contributed by atoms with Crippen molar-refractivity contribution >= 4 is 32.8 Å². The molecule has 2 aromatic rings. The minimum Gasteiger partial charge on any atom is -0.495 e. The van der Waals surface area contributed by atoms with Crippen molar-refractivity contribution in [2.45, 2.75) is 37.8 Å². The first kappa shape index (κ1) is 20.3. The first-order valence-corrected chi connectivity index (χ1v) is 11.2. The second kappa shape index (κ2) is 7.50. The average molecular weight is 405 g/mol. The number of fused-ring (bicyclic) bond motifs is 1. The van der Waals surface area contributed by atoms with E-state index in [1.807, 2.05) is 12.1 Å². The molecule has 7 nitrogen and oxygen atoms in total. The summed E-state index contributed by atoms with van der Waals surface area (Å²) in [6, 6.07) is 9.35. The van der Waals surface area contributed by atoms with Crippen molar-refractivity contribution in [3.05, 3.63) is 30.3 Å². The monoisotopic (exact) mass is 404 g/mol. The zero-order chi connectivity index (χ0) is 20.6. The van der Waals surface area contributed by atoms with Crippen LogP contribution in [0.3, 0.4) is 0 Å². The zero-order valence-electron chi connectivity index (χ0n) is 17.2. The molecule has 0 radical (unpaired) electrons. The summed E-state index contributed by atoms with van der Waals surface area (Å²) in [7, 11) is 0.301. The van der Waals surface area contributed by atoms with Crippen molar-refractivity contribution < 1.29 is 13.2 Å². The number of hydrogen-bond donors (Lipinski definition) is 1. The van der Waals surface area contributed by atoms with Gasteiger partial charge in [-0.2, -0.15) is 0 Å². The van der Waals surface area contributed by atoms with E-state index in [4.69, 9.17) is 9.72 Å². The Morgan fingerprint density at radius 1 is 1.25 bits per heavy atom. The first-order chi connectivity index (χ1) is 13.1. The summed E-state index contributed by atoms with van der Waals surface area (Å²) in [5, 5.41) is 3.23. The molecule has 0 saturated carbocycles. The van der Waals surface area contributed by atoms with Crippen LogP contribution in [0.15, 0.2) is 35.2 Å². The summed E-state index contributed by atoms with van der Waals surface area (Å²) < 4.78 is 29.2. The van der Waals surface area contributed by atoms with Gasteiger partial charge in [0.1, 0.15) is 11.6 Å². The Balaban J connectivity index is 2.03. The fourth-order valence-corrected chi connectivity index (χ4v) is 4.34. The largest absolute Gasteiger partial charge is 0.495 e. The van der Waals surface area contributed by atoms with Gasteiger partial charge in [-0.25, -0.2) is 13.4 Å². The summed E-state index contributed by atoms with van der Waals surface area (Å²) in [5.41, 5.74) is 1.64. The van der Waals surface area contributed by atoms with E-state index in [1.165, 1.54) is 12.3 Å². The number of ether oxygens (including phenoxy) is 1. The standard InChI is InChI=1S/C20H28N4O3S/c1-13(2)24-14(3)12-23(4)17-8-10-19(22-20(17)24)21-16-11-15(28(6,25)26)7-9-18(16)27-5/h7-11,13-14H,12H2,1-6H3,(H,21,22)/t14-/m1/s1. The van der Waals surface area contributed by atoms with Crippen LogP contribution in [0.5, 0.6) is 5.75 Å². The molecule has 0 spiro atoms. The van der Waals surface area contributed by atoms with Crippen LogP contribution in [0.4, 0.5) is 23.0 Å². The molecule has 28 heavy (non-hydrogen) atoms. The third-order valence-corrected chi connectivity index (χ3v) is 6.05. The smallest absolute Gasteiger partial charge is 0.175 e. The number of pyridine rings is 1. The molecule has 0 saturated heterocycles. The van der Waals surface area contributed by atoms with Crippen LogP contribution in [0, 0.1) is 0 Å². The van der Waals surface area contributed by atoms with Crippen LogP contribution < -0.4 is 19.9 Å². The number of sulfone groups is 1. The average Bonchev–Trinajstić information content (AvgIpc) is 2.60. The highest BCUT2D eigenvalue weighted by atomic mass is 32.2. The molecule has 1 N–H and O–H groups in total. The number of nitrogens with zero attached hydrogens (tertiary/aromatic N) is 3. The topological polar surface area (TPSA) is 74.8 Å². The number of anilines is 4. The van der Waals surface area contributed by atoms with E-state index in [1.54, 1.807) is 19.2 Å². The van der Waals surface area contributed by atoms with Gasteiger partial charge in [0, 0.05) is 31.9 Å². The predicted molar refractivity (Wildman–Crippen MR) is 114 cm³/mol.